The highest BCUT2D eigenvalue weighted by molar-refractivity contribution is 7.18. The average molecular weight is 560 g/mol. The summed E-state index contributed by atoms with van der Waals surface area (Å²) in [6.45, 7) is 31.6. The van der Waals surface area contributed by atoms with Crippen LogP contribution in [0.5, 0.6) is 0 Å². The van der Waals surface area contributed by atoms with Gasteiger partial charge in [0.05, 0.1) is 0 Å². The first-order valence-corrected chi connectivity index (χ1v) is 21.5. The number of nitrogens with zero attached hydrogens (tertiary/aromatic N) is 6. The molecule has 208 valence electrons. The topological polar surface area (TPSA) is 19.4 Å². The minimum Gasteiger partial charge on any atom is -0.324 e. The highest BCUT2D eigenvalue weighted by atomic mass is 35.6. The van der Waals surface area contributed by atoms with Gasteiger partial charge in [-0.25, -0.2) is 0 Å². The molecule has 0 unspecified atom stereocenters. The maximum absolute atomic E-state index is 5.86. The molecule has 2 fully saturated rings. The van der Waals surface area contributed by atoms with E-state index >= 15 is 0 Å². The van der Waals surface area contributed by atoms with Crippen molar-refractivity contribution in [1.29, 1.82) is 0 Å². The number of rotatable bonds is 6. The van der Waals surface area contributed by atoms with Crippen molar-refractivity contribution in [2.24, 2.45) is 0 Å². The molecule has 0 aromatic heterocycles. The Kier molecular flexibility index (Phi) is 19.7. The number of alkyl halides is 1. The van der Waals surface area contributed by atoms with Crippen LogP contribution in [0.15, 0.2) is 0 Å². The lowest BCUT2D eigenvalue weighted by atomic mass is 10.5. The summed E-state index contributed by atoms with van der Waals surface area (Å²) in [4.78, 5) is 11.5. The van der Waals surface area contributed by atoms with E-state index in [0.717, 1.165) is 26.2 Å². The number of halogens is 2. The second-order valence-electron chi connectivity index (χ2n) is 11.2. The lowest BCUT2D eigenvalue weighted by molar-refractivity contribution is 0.0171. The summed E-state index contributed by atoms with van der Waals surface area (Å²) in [5, 5.41) is 0. The van der Waals surface area contributed by atoms with E-state index in [9.17, 15) is 0 Å². The average Bonchev–Trinajstić information content (AvgIpc) is 3.19. The molecular formula is C24H60Cl2N6Si2. The first kappa shape index (κ1) is 36.9. The Bertz CT molecular complexity index is 471. The van der Waals surface area contributed by atoms with Gasteiger partial charge in [-0.15, -0.1) is 0 Å². The van der Waals surface area contributed by atoms with Gasteiger partial charge in [-0.1, -0.05) is 78.6 Å². The van der Waals surface area contributed by atoms with Crippen LogP contribution >= 0.6 is 22.7 Å². The number of likely N-dealkylation sites (N-methyl/N-ethyl adjacent to an activating group) is 4. The van der Waals surface area contributed by atoms with Gasteiger partial charge in [0.25, 0.3) is 0 Å². The maximum Gasteiger partial charge on any atom is 0.147 e. The summed E-state index contributed by atoms with van der Waals surface area (Å²) >= 11 is 11.5. The van der Waals surface area contributed by atoms with Gasteiger partial charge < -0.3 is 4.57 Å². The highest BCUT2D eigenvalue weighted by Gasteiger charge is 2.29. The summed E-state index contributed by atoms with van der Waals surface area (Å²) in [6, 6.07) is 0. The fourth-order valence-electron chi connectivity index (χ4n) is 4.03. The van der Waals surface area contributed by atoms with E-state index in [1.54, 1.807) is 0 Å². The van der Waals surface area contributed by atoms with Crippen LogP contribution < -0.4 is 0 Å². The predicted octanol–water partition coefficient (Wildman–Crippen LogP) is 5.10. The van der Waals surface area contributed by atoms with Crippen LogP contribution in [0.4, 0.5) is 0 Å². The van der Waals surface area contributed by atoms with Gasteiger partial charge in [0, 0.05) is 26.2 Å². The molecule has 0 radical (unpaired) electrons. The van der Waals surface area contributed by atoms with Crippen LogP contribution in [0.3, 0.4) is 0 Å². The van der Waals surface area contributed by atoms with Crippen molar-refractivity contribution in [3.8, 4) is 0 Å². The molecule has 2 heterocycles. The third-order valence-corrected chi connectivity index (χ3v) is 9.17. The Hall–Kier alpha value is 0.774. The first-order chi connectivity index (χ1) is 15.4. The highest BCUT2D eigenvalue weighted by Crippen LogP contribution is 2.14. The summed E-state index contributed by atoms with van der Waals surface area (Å²) in [5.41, 5.74) is 0.120. The molecule has 2 aliphatic heterocycles. The molecule has 0 aliphatic carbocycles. The fraction of sp³-hybridized carbons (Fsp3) is 1.00. The molecule has 0 atom stereocenters. The SMILES string of the molecule is CCN(CC)C1N(C)CCN1C.CCN(CC)[Si](C)(C)C.CN1CCN(C)C1Cl.C[Si](C)(C)Cl. The van der Waals surface area contributed by atoms with Gasteiger partial charge in [0.15, 0.2) is 0 Å². The second kappa shape index (κ2) is 18.1. The van der Waals surface area contributed by atoms with Gasteiger partial charge in [0.2, 0.25) is 0 Å². The molecule has 0 amide bonds. The smallest absolute Gasteiger partial charge is 0.147 e. The van der Waals surface area contributed by atoms with Crippen LogP contribution in [-0.4, -0.2) is 137 Å². The molecule has 10 heteroatoms. The van der Waals surface area contributed by atoms with E-state index in [0.29, 0.717) is 6.29 Å². The van der Waals surface area contributed by atoms with E-state index in [1.807, 2.05) is 14.1 Å². The minimum absolute atomic E-state index is 0.120. The third-order valence-electron chi connectivity index (χ3n) is 5.98. The Morgan fingerprint density at radius 1 is 0.647 bits per heavy atom. The zero-order valence-corrected chi connectivity index (χ0v) is 28.8. The summed E-state index contributed by atoms with van der Waals surface area (Å²) < 4.78 is 2.58. The molecule has 0 N–H and O–H groups in total. The summed E-state index contributed by atoms with van der Waals surface area (Å²) in [7, 11) is 6.37. The Morgan fingerprint density at radius 3 is 1.09 bits per heavy atom. The van der Waals surface area contributed by atoms with E-state index in [1.165, 1.54) is 26.2 Å². The lowest BCUT2D eigenvalue weighted by Crippen LogP contribution is -2.49. The molecule has 2 saturated heterocycles. The monoisotopic (exact) mass is 558 g/mol. The first-order valence-electron chi connectivity index (χ1n) is 13.1. The van der Waals surface area contributed by atoms with Crippen molar-refractivity contribution in [3.63, 3.8) is 0 Å². The molecule has 0 bridgehead atoms. The molecule has 34 heavy (non-hydrogen) atoms. The van der Waals surface area contributed by atoms with E-state index in [4.69, 9.17) is 22.7 Å². The van der Waals surface area contributed by atoms with Gasteiger partial charge in [0.1, 0.15) is 27.5 Å². The Labute approximate surface area is 226 Å². The number of hydrogen-bond acceptors (Lipinski definition) is 6. The molecule has 2 rings (SSSR count). The van der Waals surface area contributed by atoms with Gasteiger partial charge in [-0.2, -0.15) is 11.1 Å². The predicted molar refractivity (Wildman–Crippen MR) is 162 cm³/mol. The number of hydrogen-bond donors (Lipinski definition) is 0. The minimum atomic E-state index is -1.14. The Balaban J connectivity index is 0. The normalized spacial score (nSPS) is 19.6. The van der Waals surface area contributed by atoms with Gasteiger partial charge >= 0.3 is 0 Å². The van der Waals surface area contributed by atoms with Crippen molar-refractivity contribution < 1.29 is 0 Å². The van der Waals surface area contributed by atoms with E-state index in [2.05, 4.69) is 110 Å². The van der Waals surface area contributed by atoms with Crippen LogP contribution in [0, 0.1) is 0 Å². The molecule has 2 aliphatic rings. The second-order valence-corrected chi connectivity index (χ2v) is 24.1. The summed E-state index contributed by atoms with van der Waals surface area (Å²) in [5.74, 6) is 0. The van der Waals surface area contributed by atoms with Gasteiger partial charge in [-0.05, 0) is 54.4 Å². The molecule has 0 aromatic carbocycles. The van der Waals surface area contributed by atoms with Crippen molar-refractivity contribution in [2.45, 2.75) is 78.9 Å². The Morgan fingerprint density at radius 2 is 0.941 bits per heavy atom. The summed E-state index contributed by atoms with van der Waals surface area (Å²) in [6.07, 6.45) is 0.528. The van der Waals surface area contributed by atoms with E-state index < -0.39 is 15.6 Å². The molecular weight excluding hydrogens is 499 g/mol. The van der Waals surface area contributed by atoms with Crippen LogP contribution in [0.25, 0.3) is 0 Å². The zero-order valence-electron chi connectivity index (χ0n) is 25.3. The third kappa shape index (κ3) is 16.5. The molecule has 0 aromatic rings. The standard InChI is InChI=1S/C9H21N3.C7H19NSi.C5H11ClN2.C3H9ClSi/c1-5-12(6-2)9-10(3)7-8-11(9)4;1-6-8(7-2)9(3,4)5;1-7-3-4-8(2)5(7)6;1-5(2,3)4/h9H,5-8H2,1-4H3;6-7H2,1-5H3;5H,3-4H2,1-2H3;1-3H3. The molecule has 0 saturated carbocycles. The quantitative estimate of drug-likeness (QED) is 0.194. The largest absolute Gasteiger partial charge is 0.324 e. The van der Waals surface area contributed by atoms with Crippen LogP contribution in [0.2, 0.25) is 39.3 Å². The maximum atomic E-state index is 5.86. The molecule has 0 spiro atoms. The van der Waals surface area contributed by atoms with Crippen molar-refractivity contribution in [3.05, 3.63) is 0 Å². The lowest BCUT2D eigenvalue weighted by Gasteiger charge is -2.35. The zero-order chi connectivity index (χ0) is 27.3. The van der Waals surface area contributed by atoms with Gasteiger partial charge in [-0.3, -0.25) is 24.5 Å². The van der Waals surface area contributed by atoms with Crippen LogP contribution in [-0.2, 0) is 0 Å². The van der Waals surface area contributed by atoms with Crippen molar-refractivity contribution >= 4 is 38.3 Å². The van der Waals surface area contributed by atoms with Crippen LogP contribution in [0.1, 0.15) is 27.7 Å². The fourth-order valence-corrected chi connectivity index (χ4v) is 6.12. The van der Waals surface area contributed by atoms with Crippen molar-refractivity contribution in [1.82, 2.24) is 29.1 Å². The van der Waals surface area contributed by atoms with E-state index in [-0.39, 0.29) is 5.62 Å². The van der Waals surface area contributed by atoms with Crippen molar-refractivity contribution in [2.75, 3.05) is 80.5 Å². The molecule has 6 nitrogen and oxygen atoms in total.